The maximum Gasteiger partial charge on any atom is 0.319 e. The smallest absolute Gasteiger partial charge is 0.319 e. The Balaban J connectivity index is 1.88. The molecule has 1 unspecified atom stereocenters. The van der Waals surface area contributed by atoms with E-state index in [1.165, 1.54) is 0 Å². The molecule has 0 bridgehead atoms. The summed E-state index contributed by atoms with van der Waals surface area (Å²) in [5.41, 5.74) is 1.64. The number of aryl methyl sites for hydroxylation is 1. The van der Waals surface area contributed by atoms with Gasteiger partial charge in [0.2, 0.25) is 0 Å². The van der Waals surface area contributed by atoms with Gasteiger partial charge < -0.3 is 15.5 Å². The number of aromatic nitrogens is 2. The van der Waals surface area contributed by atoms with Crippen molar-refractivity contribution >= 4 is 17.5 Å². The molecule has 134 valence electrons. The summed E-state index contributed by atoms with van der Waals surface area (Å²) in [4.78, 5) is 16.5. The first kappa shape index (κ1) is 18.4. The van der Waals surface area contributed by atoms with Crippen LogP contribution < -0.4 is 15.5 Å². The van der Waals surface area contributed by atoms with Crippen LogP contribution in [0.1, 0.15) is 32.9 Å². The largest absolute Gasteiger partial charge is 0.360 e. The number of likely N-dealkylation sites (tertiary alicyclic amines) is 1. The highest BCUT2D eigenvalue weighted by Gasteiger charge is 2.30. The lowest BCUT2D eigenvalue weighted by Gasteiger charge is -2.31. The number of nitrogens with one attached hydrogen (secondary N) is 2. The minimum atomic E-state index is -0.195. The quantitative estimate of drug-likeness (QED) is 0.882. The second-order valence-corrected chi connectivity index (χ2v) is 7.72. The van der Waals surface area contributed by atoms with E-state index in [2.05, 4.69) is 46.5 Å². The molecule has 0 spiro atoms. The summed E-state index contributed by atoms with van der Waals surface area (Å²) in [6.45, 7) is 11.4. The van der Waals surface area contributed by atoms with Gasteiger partial charge in [-0.3, -0.25) is 4.90 Å². The summed E-state index contributed by atoms with van der Waals surface area (Å²) in [5.74, 6) is 1.15. The minimum Gasteiger partial charge on any atom is -0.360 e. The fourth-order valence-corrected chi connectivity index (χ4v) is 2.92. The molecule has 7 nitrogen and oxygen atoms in total. The molecule has 1 atom stereocenters. The highest BCUT2D eigenvalue weighted by molar-refractivity contribution is 5.92. The van der Waals surface area contributed by atoms with Crippen molar-refractivity contribution in [3.63, 3.8) is 0 Å². The number of carbonyl (C=O) groups excluding carboxylic acids is 1. The zero-order valence-corrected chi connectivity index (χ0v) is 15.7. The average Bonchev–Trinajstić information content (AvgIpc) is 2.94. The lowest BCUT2D eigenvalue weighted by molar-refractivity contribution is 0.168. The molecular formula is C17H30N6O. The van der Waals surface area contributed by atoms with Gasteiger partial charge in [0.15, 0.2) is 5.82 Å². The van der Waals surface area contributed by atoms with Crippen LogP contribution in [0.2, 0.25) is 0 Å². The Morgan fingerprint density at radius 1 is 1.38 bits per heavy atom. The third-order valence-corrected chi connectivity index (χ3v) is 4.35. The number of carbonyl (C=O) groups is 1. The van der Waals surface area contributed by atoms with E-state index < -0.39 is 0 Å². The molecule has 0 aliphatic carbocycles. The third kappa shape index (κ3) is 4.80. The molecule has 1 aromatic heterocycles. The fourth-order valence-electron chi connectivity index (χ4n) is 2.92. The van der Waals surface area contributed by atoms with Gasteiger partial charge in [-0.05, 0) is 52.6 Å². The number of hydrogen-bond donors (Lipinski definition) is 2. The second-order valence-electron chi connectivity index (χ2n) is 7.72. The number of amides is 2. The molecule has 2 heterocycles. The van der Waals surface area contributed by atoms with Gasteiger partial charge in [-0.25, -0.2) is 4.79 Å². The van der Waals surface area contributed by atoms with Crippen LogP contribution in [0, 0.1) is 12.8 Å². The van der Waals surface area contributed by atoms with Crippen molar-refractivity contribution in [3.8, 4) is 0 Å². The molecule has 0 aromatic carbocycles. The Morgan fingerprint density at radius 2 is 2.08 bits per heavy atom. The zero-order valence-electron chi connectivity index (χ0n) is 15.7. The maximum atomic E-state index is 12.2. The Morgan fingerprint density at radius 3 is 2.67 bits per heavy atom. The maximum absolute atomic E-state index is 12.2. The van der Waals surface area contributed by atoms with Gasteiger partial charge in [-0.2, -0.15) is 5.10 Å². The fraction of sp³-hybridized carbons (Fsp3) is 0.706. The second kappa shape index (κ2) is 7.34. The van der Waals surface area contributed by atoms with Crippen LogP contribution in [-0.4, -0.2) is 60.4 Å². The van der Waals surface area contributed by atoms with E-state index >= 15 is 0 Å². The number of anilines is 2. The molecule has 0 saturated carbocycles. The normalized spacial score (nSPS) is 18.5. The van der Waals surface area contributed by atoms with E-state index in [1.54, 1.807) is 0 Å². The standard InChI is InChI=1S/C17H30N6O/c1-12-9-14(15(21-20-12)22(5)6)19-16(24)18-10-13-7-8-23(11-13)17(2,3)4/h9,13H,7-8,10-11H2,1-6H3,(H2,18,19,20,24). The Labute approximate surface area is 144 Å². The molecule has 2 rings (SSSR count). The SMILES string of the molecule is Cc1cc(NC(=O)NCC2CCN(C(C)(C)C)C2)c(N(C)C)nn1. The predicted octanol–water partition coefficient (Wildman–Crippen LogP) is 2.09. The van der Waals surface area contributed by atoms with Crippen LogP contribution in [0.3, 0.4) is 0 Å². The number of urea groups is 1. The molecule has 2 N–H and O–H groups in total. The van der Waals surface area contributed by atoms with Gasteiger partial charge in [-0.15, -0.1) is 5.10 Å². The summed E-state index contributed by atoms with van der Waals surface area (Å²) >= 11 is 0. The summed E-state index contributed by atoms with van der Waals surface area (Å²) in [5, 5.41) is 14.0. The van der Waals surface area contributed by atoms with Crippen molar-refractivity contribution in [2.24, 2.45) is 5.92 Å². The highest BCUT2D eigenvalue weighted by Crippen LogP contribution is 2.24. The van der Waals surface area contributed by atoms with Gasteiger partial charge in [0, 0.05) is 32.7 Å². The van der Waals surface area contributed by atoms with Crippen molar-refractivity contribution in [2.45, 2.75) is 39.7 Å². The van der Waals surface area contributed by atoms with Gasteiger partial charge in [0.25, 0.3) is 0 Å². The van der Waals surface area contributed by atoms with Crippen LogP contribution >= 0.6 is 0 Å². The summed E-state index contributed by atoms with van der Waals surface area (Å²) < 4.78 is 0. The van der Waals surface area contributed by atoms with E-state index in [1.807, 2.05) is 32.0 Å². The van der Waals surface area contributed by atoms with Crippen LogP contribution in [0.15, 0.2) is 6.07 Å². The van der Waals surface area contributed by atoms with Crippen LogP contribution in [-0.2, 0) is 0 Å². The average molecular weight is 334 g/mol. The van der Waals surface area contributed by atoms with Crippen molar-refractivity contribution in [1.29, 1.82) is 0 Å². The summed E-state index contributed by atoms with van der Waals surface area (Å²) in [6, 6.07) is 1.64. The Hall–Kier alpha value is -1.89. The molecule has 1 fully saturated rings. The molecule has 1 aromatic rings. The molecule has 0 radical (unpaired) electrons. The molecule has 1 aliphatic rings. The molecule has 1 aliphatic heterocycles. The first-order chi connectivity index (χ1) is 11.2. The van der Waals surface area contributed by atoms with Crippen molar-refractivity contribution in [2.75, 3.05) is 43.9 Å². The number of hydrogen-bond acceptors (Lipinski definition) is 5. The predicted molar refractivity (Wildman–Crippen MR) is 97.6 cm³/mol. The van der Waals surface area contributed by atoms with Crippen LogP contribution in [0.5, 0.6) is 0 Å². The van der Waals surface area contributed by atoms with Gasteiger partial charge in [0.05, 0.1) is 11.4 Å². The molecule has 24 heavy (non-hydrogen) atoms. The topological polar surface area (TPSA) is 73.4 Å². The van der Waals surface area contributed by atoms with Crippen molar-refractivity contribution < 1.29 is 4.79 Å². The van der Waals surface area contributed by atoms with Crippen LogP contribution in [0.25, 0.3) is 0 Å². The van der Waals surface area contributed by atoms with Crippen LogP contribution in [0.4, 0.5) is 16.3 Å². The van der Waals surface area contributed by atoms with Gasteiger partial charge >= 0.3 is 6.03 Å². The lowest BCUT2D eigenvalue weighted by Crippen LogP contribution is -2.40. The molecule has 7 heteroatoms. The first-order valence-corrected chi connectivity index (χ1v) is 8.48. The molecule has 2 amide bonds. The Kier molecular flexibility index (Phi) is 5.64. The van der Waals surface area contributed by atoms with E-state index in [0.29, 0.717) is 24.0 Å². The molecule has 1 saturated heterocycles. The van der Waals surface area contributed by atoms with E-state index in [-0.39, 0.29) is 11.6 Å². The van der Waals surface area contributed by atoms with E-state index in [9.17, 15) is 4.79 Å². The first-order valence-electron chi connectivity index (χ1n) is 8.48. The third-order valence-electron chi connectivity index (χ3n) is 4.35. The number of nitrogens with zero attached hydrogens (tertiary/aromatic N) is 4. The van der Waals surface area contributed by atoms with E-state index in [0.717, 1.165) is 25.2 Å². The number of rotatable bonds is 4. The lowest BCUT2D eigenvalue weighted by atomic mass is 10.1. The van der Waals surface area contributed by atoms with Crippen molar-refractivity contribution in [3.05, 3.63) is 11.8 Å². The minimum absolute atomic E-state index is 0.192. The summed E-state index contributed by atoms with van der Waals surface area (Å²) in [6.07, 6.45) is 1.12. The van der Waals surface area contributed by atoms with Gasteiger partial charge in [0.1, 0.15) is 0 Å². The van der Waals surface area contributed by atoms with Gasteiger partial charge in [-0.1, -0.05) is 0 Å². The van der Waals surface area contributed by atoms with Crippen molar-refractivity contribution in [1.82, 2.24) is 20.4 Å². The van der Waals surface area contributed by atoms with E-state index in [4.69, 9.17) is 0 Å². The zero-order chi connectivity index (χ0) is 17.9. The monoisotopic (exact) mass is 334 g/mol. The Bertz CT molecular complexity index is 581. The summed E-state index contributed by atoms with van der Waals surface area (Å²) in [7, 11) is 3.75. The molecular weight excluding hydrogens is 304 g/mol. The highest BCUT2D eigenvalue weighted by atomic mass is 16.2.